The Morgan fingerprint density at radius 1 is 0.893 bits per heavy atom. The molecular weight excluding hydrogens is 362 g/mol. The lowest BCUT2D eigenvalue weighted by Gasteiger charge is -2.10. The van der Waals surface area contributed by atoms with Crippen LogP contribution in [0, 0.1) is 0 Å². The summed E-state index contributed by atoms with van der Waals surface area (Å²) >= 11 is 0. The second-order valence-electron chi connectivity index (χ2n) is 6.40. The summed E-state index contributed by atoms with van der Waals surface area (Å²) < 4.78 is 4.78. The monoisotopic (exact) mass is 385 g/mol. The van der Waals surface area contributed by atoms with Crippen molar-refractivity contribution in [3.8, 4) is 0 Å². The number of fused-ring (bicyclic) bond motifs is 1. The van der Waals surface area contributed by atoms with Gasteiger partial charge in [-0.25, -0.2) is 0 Å². The highest BCUT2D eigenvalue weighted by atomic mass is 16.5. The van der Waals surface area contributed by atoms with Crippen LogP contribution in [0.15, 0.2) is 42.5 Å². The Labute approximate surface area is 162 Å². The third-order valence-electron chi connectivity index (χ3n) is 3.66. The first-order valence-electron chi connectivity index (χ1n) is 8.84. The number of amides is 3. The predicted molar refractivity (Wildman–Crippen MR) is 104 cm³/mol. The quantitative estimate of drug-likeness (QED) is 0.581. The zero-order valence-corrected chi connectivity index (χ0v) is 15.8. The van der Waals surface area contributed by atoms with Crippen LogP contribution in [0.3, 0.4) is 0 Å². The van der Waals surface area contributed by atoms with Crippen LogP contribution in [0.4, 0.5) is 0 Å². The third kappa shape index (κ3) is 6.71. The minimum absolute atomic E-state index is 0.0338. The first-order chi connectivity index (χ1) is 13.3. The van der Waals surface area contributed by atoms with E-state index in [1.807, 2.05) is 30.3 Å². The Hall–Kier alpha value is -3.42. The van der Waals surface area contributed by atoms with Gasteiger partial charge in [-0.15, -0.1) is 0 Å². The molecule has 0 heterocycles. The molecule has 3 amide bonds. The molecule has 0 bridgehead atoms. The van der Waals surface area contributed by atoms with E-state index < -0.39 is 24.4 Å². The summed E-state index contributed by atoms with van der Waals surface area (Å²) in [4.78, 5) is 46.8. The number of hydrogen-bond acceptors (Lipinski definition) is 5. The van der Waals surface area contributed by atoms with Crippen molar-refractivity contribution in [1.82, 2.24) is 16.0 Å². The first-order valence-corrected chi connectivity index (χ1v) is 8.84. The second-order valence-corrected chi connectivity index (χ2v) is 6.40. The SMILES string of the molecule is CC(C)NC(=O)CNC(=O)COC(=O)CNC(=O)c1ccc2ccccc2c1. The highest BCUT2D eigenvalue weighted by molar-refractivity contribution is 5.99. The summed E-state index contributed by atoms with van der Waals surface area (Å²) in [5, 5.41) is 9.32. The maximum absolute atomic E-state index is 12.2. The van der Waals surface area contributed by atoms with Crippen LogP contribution >= 0.6 is 0 Å². The van der Waals surface area contributed by atoms with Crippen molar-refractivity contribution in [3.05, 3.63) is 48.0 Å². The maximum Gasteiger partial charge on any atom is 0.325 e. The molecule has 0 unspecified atom stereocenters. The molecule has 0 fully saturated rings. The van der Waals surface area contributed by atoms with Gasteiger partial charge in [-0.05, 0) is 36.8 Å². The number of carbonyl (C=O) groups is 4. The summed E-state index contributed by atoms with van der Waals surface area (Å²) in [5.74, 6) is -2.11. The standard InChI is InChI=1S/C20H23N3O5/c1-13(2)23-17(24)10-21-18(25)12-28-19(26)11-22-20(27)16-8-7-14-5-3-4-6-15(14)9-16/h3-9,13H,10-12H2,1-2H3,(H,21,25)(H,22,27)(H,23,24). The molecule has 0 saturated carbocycles. The molecule has 0 saturated heterocycles. The molecule has 148 valence electrons. The average Bonchev–Trinajstić information content (AvgIpc) is 2.68. The van der Waals surface area contributed by atoms with Crippen LogP contribution in [-0.4, -0.2) is 49.4 Å². The molecule has 0 aromatic heterocycles. The van der Waals surface area contributed by atoms with Crippen molar-refractivity contribution < 1.29 is 23.9 Å². The highest BCUT2D eigenvalue weighted by Crippen LogP contribution is 2.15. The number of nitrogens with one attached hydrogen (secondary N) is 3. The number of esters is 1. The minimum atomic E-state index is -0.754. The average molecular weight is 385 g/mol. The van der Waals surface area contributed by atoms with Gasteiger partial charge in [-0.2, -0.15) is 0 Å². The van der Waals surface area contributed by atoms with Gasteiger partial charge in [0.15, 0.2) is 6.61 Å². The van der Waals surface area contributed by atoms with Crippen LogP contribution < -0.4 is 16.0 Å². The minimum Gasteiger partial charge on any atom is -0.454 e. The maximum atomic E-state index is 12.2. The Morgan fingerprint density at radius 2 is 1.61 bits per heavy atom. The van der Waals surface area contributed by atoms with E-state index in [9.17, 15) is 19.2 Å². The van der Waals surface area contributed by atoms with E-state index in [4.69, 9.17) is 4.74 Å². The van der Waals surface area contributed by atoms with Crippen molar-refractivity contribution in [3.63, 3.8) is 0 Å². The van der Waals surface area contributed by atoms with Gasteiger partial charge in [-0.3, -0.25) is 19.2 Å². The Bertz CT molecular complexity index is 879. The molecule has 0 aliphatic carbocycles. The van der Waals surface area contributed by atoms with Gasteiger partial charge in [0.05, 0.1) is 6.54 Å². The zero-order valence-electron chi connectivity index (χ0n) is 15.8. The van der Waals surface area contributed by atoms with Crippen molar-refractivity contribution in [1.29, 1.82) is 0 Å². The van der Waals surface area contributed by atoms with Crippen LogP contribution in [0.5, 0.6) is 0 Å². The molecule has 28 heavy (non-hydrogen) atoms. The van der Waals surface area contributed by atoms with Crippen molar-refractivity contribution in [2.45, 2.75) is 19.9 Å². The summed E-state index contributed by atoms with van der Waals surface area (Å²) in [6.45, 7) is 2.50. The third-order valence-corrected chi connectivity index (χ3v) is 3.66. The molecular formula is C20H23N3O5. The van der Waals surface area contributed by atoms with E-state index in [1.165, 1.54) is 0 Å². The highest BCUT2D eigenvalue weighted by Gasteiger charge is 2.12. The molecule has 0 radical (unpaired) electrons. The van der Waals surface area contributed by atoms with Gasteiger partial charge in [-0.1, -0.05) is 30.3 Å². The summed E-state index contributed by atoms with van der Waals surface area (Å²) in [6.07, 6.45) is 0. The van der Waals surface area contributed by atoms with E-state index in [1.54, 1.807) is 26.0 Å². The van der Waals surface area contributed by atoms with E-state index >= 15 is 0 Å². The fraction of sp³-hybridized carbons (Fsp3) is 0.300. The Morgan fingerprint density at radius 3 is 2.32 bits per heavy atom. The molecule has 3 N–H and O–H groups in total. The van der Waals surface area contributed by atoms with E-state index in [2.05, 4.69) is 16.0 Å². The zero-order chi connectivity index (χ0) is 20.5. The van der Waals surface area contributed by atoms with Crippen molar-refractivity contribution >= 4 is 34.5 Å². The molecule has 8 nitrogen and oxygen atoms in total. The molecule has 0 aliphatic rings. The Kier molecular flexibility index (Phi) is 7.50. The van der Waals surface area contributed by atoms with Crippen LogP contribution in [0.2, 0.25) is 0 Å². The Balaban J connectivity index is 1.71. The lowest BCUT2D eigenvalue weighted by molar-refractivity contribution is -0.147. The second kappa shape index (κ2) is 10.1. The van der Waals surface area contributed by atoms with Gasteiger partial charge in [0, 0.05) is 11.6 Å². The summed E-state index contributed by atoms with van der Waals surface area (Å²) in [7, 11) is 0. The van der Waals surface area contributed by atoms with Crippen LogP contribution in [0.1, 0.15) is 24.2 Å². The number of ether oxygens (including phenoxy) is 1. The summed E-state index contributed by atoms with van der Waals surface area (Å²) in [5.41, 5.74) is 0.417. The molecule has 2 rings (SSSR count). The van der Waals surface area contributed by atoms with Gasteiger partial charge in [0.25, 0.3) is 11.8 Å². The molecule has 2 aromatic rings. The fourth-order valence-electron chi connectivity index (χ4n) is 2.39. The lowest BCUT2D eigenvalue weighted by Crippen LogP contribution is -2.41. The van der Waals surface area contributed by atoms with E-state index in [-0.39, 0.29) is 25.0 Å². The number of hydrogen-bond donors (Lipinski definition) is 3. The molecule has 2 aromatic carbocycles. The van der Waals surface area contributed by atoms with Gasteiger partial charge in [0.2, 0.25) is 5.91 Å². The van der Waals surface area contributed by atoms with E-state index in [0.29, 0.717) is 5.56 Å². The largest absolute Gasteiger partial charge is 0.454 e. The van der Waals surface area contributed by atoms with Gasteiger partial charge >= 0.3 is 5.97 Å². The molecule has 0 atom stereocenters. The smallest absolute Gasteiger partial charge is 0.325 e. The van der Waals surface area contributed by atoms with Gasteiger partial charge < -0.3 is 20.7 Å². The normalized spacial score (nSPS) is 10.4. The summed E-state index contributed by atoms with van der Waals surface area (Å²) in [6, 6.07) is 12.8. The number of rotatable bonds is 8. The number of benzene rings is 2. The number of carbonyl (C=O) groups excluding carboxylic acids is 4. The molecule has 8 heteroatoms. The predicted octanol–water partition coefficient (Wildman–Crippen LogP) is 0.754. The fourth-order valence-corrected chi connectivity index (χ4v) is 2.39. The van der Waals surface area contributed by atoms with Gasteiger partial charge in [0.1, 0.15) is 6.54 Å². The topological polar surface area (TPSA) is 114 Å². The van der Waals surface area contributed by atoms with Crippen LogP contribution in [0.25, 0.3) is 10.8 Å². The van der Waals surface area contributed by atoms with Crippen LogP contribution in [-0.2, 0) is 19.1 Å². The lowest BCUT2D eigenvalue weighted by atomic mass is 10.1. The van der Waals surface area contributed by atoms with Crippen molar-refractivity contribution in [2.24, 2.45) is 0 Å². The molecule has 0 aliphatic heterocycles. The first kappa shape index (κ1) is 20.9. The van der Waals surface area contributed by atoms with Crippen molar-refractivity contribution in [2.75, 3.05) is 19.7 Å². The molecule has 0 spiro atoms. The van der Waals surface area contributed by atoms with E-state index in [0.717, 1.165) is 10.8 Å².